The molecule has 6 nitrogen and oxygen atoms in total. The van der Waals surface area contributed by atoms with Crippen LogP contribution < -0.4 is 5.32 Å². The number of carbonyl (C=O) groups excluding carboxylic acids is 1. The van der Waals surface area contributed by atoms with Gasteiger partial charge in [0, 0.05) is 0 Å². The normalized spacial score (nSPS) is 32.7. The van der Waals surface area contributed by atoms with Gasteiger partial charge in [0.2, 0.25) is 11.0 Å². The number of hydrogen-bond acceptors (Lipinski definition) is 5. The number of nitrogens with one attached hydrogen (secondary N) is 1. The maximum Gasteiger partial charge on any atom is 0.307 e. The number of amides is 1. The fourth-order valence-corrected chi connectivity index (χ4v) is 3.38. The molecule has 0 saturated heterocycles. The van der Waals surface area contributed by atoms with E-state index in [2.05, 4.69) is 15.5 Å². The summed E-state index contributed by atoms with van der Waals surface area (Å²) in [6.07, 6.45) is 4.62. The first-order valence-corrected chi connectivity index (χ1v) is 6.53. The third kappa shape index (κ3) is 1.71. The number of aliphatic carboxylic acids is 1. The van der Waals surface area contributed by atoms with Crippen molar-refractivity contribution < 1.29 is 14.7 Å². The molecule has 0 radical (unpaired) electrons. The number of nitrogens with zero attached hydrogens (tertiary/aromatic N) is 2. The van der Waals surface area contributed by atoms with Crippen molar-refractivity contribution in [3.05, 3.63) is 17.7 Å². The number of allylic oxidation sites excluding steroid dienone is 2. The van der Waals surface area contributed by atoms with E-state index in [9.17, 15) is 14.7 Å². The van der Waals surface area contributed by atoms with Gasteiger partial charge in [-0.25, -0.2) is 0 Å². The number of aromatic nitrogens is 2. The molecular weight excluding hydrogens is 254 g/mol. The third-order valence-electron chi connectivity index (χ3n) is 3.64. The zero-order valence-electron chi connectivity index (χ0n) is 9.31. The summed E-state index contributed by atoms with van der Waals surface area (Å²) in [5.74, 6) is -2.27. The monoisotopic (exact) mass is 265 g/mol. The highest BCUT2D eigenvalue weighted by molar-refractivity contribution is 7.13. The van der Waals surface area contributed by atoms with Crippen molar-refractivity contribution >= 4 is 28.3 Å². The third-order valence-corrected chi connectivity index (χ3v) is 4.24. The highest BCUT2D eigenvalue weighted by Gasteiger charge is 2.51. The van der Waals surface area contributed by atoms with Crippen LogP contribution in [0.1, 0.15) is 6.42 Å². The number of rotatable bonds is 3. The van der Waals surface area contributed by atoms with Gasteiger partial charge in [-0.3, -0.25) is 9.59 Å². The van der Waals surface area contributed by atoms with Gasteiger partial charge in [-0.2, -0.15) is 0 Å². The molecule has 1 aromatic rings. The zero-order chi connectivity index (χ0) is 12.7. The fourth-order valence-electron chi connectivity index (χ4n) is 2.93. The van der Waals surface area contributed by atoms with E-state index in [1.165, 1.54) is 16.8 Å². The van der Waals surface area contributed by atoms with E-state index < -0.39 is 17.8 Å². The Morgan fingerprint density at radius 2 is 2.06 bits per heavy atom. The van der Waals surface area contributed by atoms with Crippen LogP contribution in [-0.4, -0.2) is 27.2 Å². The van der Waals surface area contributed by atoms with Gasteiger partial charge in [-0.1, -0.05) is 23.5 Å². The van der Waals surface area contributed by atoms with Gasteiger partial charge in [0.15, 0.2) is 0 Å². The number of carbonyl (C=O) groups is 2. The molecule has 1 saturated carbocycles. The number of anilines is 1. The molecule has 94 valence electrons. The van der Waals surface area contributed by atoms with Crippen LogP contribution in [0.4, 0.5) is 5.13 Å². The van der Waals surface area contributed by atoms with Gasteiger partial charge in [-0.05, 0) is 18.3 Å². The lowest BCUT2D eigenvalue weighted by molar-refractivity contribution is -0.146. The highest BCUT2D eigenvalue weighted by Crippen LogP contribution is 2.48. The SMILES string of the molecule is O=C(Nc1nncs1)[C@@H]1[C@H](C(=O)O)[C@@H]2C=C[C@H]1C2. The van der Waals surface area contributed by atoms with Gasteiger partial charge in [0.1, 0.15) is 5.51 Å². The van der Waals surface area contributed by atoms with Crippen molar-refractivity contribution in [2.24, 2.45) is 23.7 Å². The van der Waals surface area contributed by atoms with E-state index in [1.807, 2.05) is 12.2 Å². The smallest absolute Gasteiger partial charge is 0.307 e. The van der Waals surface area contributed by atoms with Crippen molar-refractivity contribution in [3.63, 3.8) is 0 Å². The molecule has 2 aliphatic rings. The van der Waals surface area contributed by atoms with Crippen LogP contribution in [0.3, 0.4) is 0 Å². The number of fused-ring (bicyclic) bond motifs is 2. The second kappa shape index (κ2) is 4.16. The number of hydrogen-bond donors (Lipinski definition) is 2. The minimum Gasteiger partial charge on any atom is -0.481 e. The minimum atomic E-state index is -0.899. The van der Waals surface area contributed by atoms with E-state index in [4.69, 9.17) is 0 Å². The summed E-state index contributed by atoms with van der Waals surface area (Å²) in [4.78, 5) is 23.4. The van der Waals surface area contributed by atoms with Gasteiger partial charge >= 0.3 is 5.97 Å². The summed E-state index contributed by atoms with van der Waals surface area (Å²) in [5.41, 5.74) is 1.52. The second-order valence-electron chi connectivity index (χ2n) is 4.57. The van der Waals surface area contributed by atoms with Crippen LogP contribution in [0.5, 0.6) is 0 Å². The summed E-state index contributed by atoms with van der Waals surface area (Å²) in [6, 6.07) is 0. The zero-order valence-corrected chi connectivity index (χ0v) is 10.1. The molecule has 2 aliphatic carbocycles. The summed E-state index contributed by atoms with van der Waals surface area (Å²) >= 11 is 1.22. The van der Waals surface area contributed by atoms with Crippen molar-refractivity contribution in [3.8, 4) is 0 Å². The van der Waals surface area contributed by atoms with E-state index in [0.717, 1.165) is 6.42 Å². The van der Waals surface area contributed by atoms with Crippen LogP contribution >= 0.6 is 11.3 Å². The lowest BCUT2D eigenvalue weighted by atomic mass is 9.82. The van der Waals surface area contributed by atoms with Crippen LogP contribution in [0.2, 0.25) is 0 Å². The predicted molar refractivity (Wildman–Crippen MR) is 63.9 cm³/mol. The average Bonchev–Trinajstić information content (AvgIpc) is 3.03. The van der Waals surface area contributed by atoms with Crippen molar-refractivity contribution in [1.82, 2.24) is 10.2 Å². The summed E-state index contributed by atoms with van der Waals surface area (Å²) in [7, 11) is 0. The predicted octanol–water partition coefficient (Wildman–Crippen LogP) is 0.999. The van der Waals surface area contributed by atoms with Crippen LogP contribution in [-0.2, 0) is 9.59 Å². The Hall–Kier alpha value is -1.76. The maximum atomic E-state index is 12.1. The molecule has 0 aliphatic heterocycles. The Morgan fingerprint density at radius 3 is 2.67 bits per heavy atom. The maximum absolute atomic E-state index is 12.1. The molecule has 1 amide bonds. The Labute approximate surface area is 107 Å². The number of carboxylic acid groups (broad SMARTS) is 1. The minimum absolute atomic E-state index is 0.0160. The first kappa shape index (κ1) is 11.3. The summed E-state index contributed by atoms with van der Waals surface area (Å²) in [5, 5.41) is 19.7. The second-order valence-corrected chi connectivity index (χ2v) is 5.40. The van der Waals surface area contributed by atoms with E-state index in [0.29, 0.717) is 5.13 Å². The Bertz CT molecular complexity index is 514. The Morgan fingerprint density at radius 1 is 1.33 bits per heavy atom. The quantitative estimate of drug-likeness (QED) is 0.795. The lowest BCUT2D eigenvalue weighted by Crippen LogP contribution is -2.36. The molecule has 3 rings (SSSR count). The molecule has 2 bridgehead atoms. The molecule has 1 aromatic heterocycles. The number of carboxylic acids is 1. The molecule has 0 unspecified atom stereocenters. The van der Waals surface area contributed by atoms with E-state index >= 15 is 0 Å². The van der Waals surface area contributed by atoms with Crippen LogP contribution in [0.25, 0.3) is 0 Å². The van der Waals surface area contributed by atoms with Crippen LogP contribution in [0.15, 0.2) is 17.7 Å². The molecule has 7 heteroatoms. The average molecular weight is 265 g/mol. The molecule has 2 N–H and O–H groups in total. The van der Waals surface area contributed by atoms with E-state index in [1.54, 1.807) is 0 Å². The van der Waals surface area contributed by atoms with Crippen molar-refractivity contribution in [2.75, 3.05) is 5.32 Å². The first-order valence-electron chi connectivity index (χ1n) is 5.65. The van der Waals surface area contributed by atoms with Gasteiger partial charge in [0.05, 0.1) is 11.8 Å². The molecule has 18 heavy (non-hydrogen) atoms. The highest BCUT2D eigenvalue weighted by atomic mass is 32.1. The molecule has 0 spiro atoms. The molecular formula is C11H11N3O3S. The van der Waals surface area contributed by atoms with Gasteiger partial charge in [0.25, 0.3) is 0 Å². The molecule has 1 fully saturated rings. The largest absolute Gasteiger partial charge is 0.481 e. The Kier molecular flexibility index (Phi) is 2.62. The van der Waals surface area contributed by atoms with Crippen molar-refractivity contribution in [2.45, 2.75) is 6.42 Å². The topological polar surface area (TPSA) is 92.2 Å². The van der Waals surface area contributed by atoms with E-state index in [-0.39, 0.29) is 17.7 Å². The van der Waals surface area contributed by atoms with Gasteiger partial charge < -0.3 is 10.4 Å². The Balaban J connectivity index is 1.80. The van der Waals surface area contributed by atoms with Crippen LogP contribution in [0, 0.1) is 23.7 Å². The fraction of sp³-hybridized carbons (Fsp3) is 0.455. The molecule has 1 heterocycles. The summed E-state index contributed by atoms with van der Waals surface area (Å²) < 4.78 is 0. The standard InChI is InChI=1S/C11H11N3O3S/c15-9(13-11-14-12-4-18-11)7-5-1-2-6(3-5)8(7)10(16)17/h1-2,4-8H,3H2,(H,16,17)(H,13,14,15)/t5-,6+,7-,8+/m0/s1. The lowest BCUT2D eigenvalue weighted by Gasteiger charge is -2.23. The first-order chi connectivity index (χ1) is 8.66. The molecule has 0 aromatic carbocycles. The van der Waals surface area contributed by atoms with Crippen molar-refractivity contribution in [1.29, 1.82) is 0 Å². The summed E-state index contributed by atoms with van der Waals surface area (Å²) in [6.45, 7) is 0. The van der Waals surface area contributed by atoms with Gasteiger partial charge in [-0.15, -0.1) is 10.2 Å². The molecule has 4 atom stereocenters.